The van der Waals surface area contributed by atoms with Crippen molar-refractivity contribution in [3.63, 3.8) is 0 Å². The molecule has 0 spiro atoms. The molecule has 5 N–H and O–H groups in total. The van der Waals surface area contributed by atoms with Crippen LogP contribution in [0.2, 0.25) is 0 Å². The second-order valence-electron chi connectivity index (χ2n) is 3.98. The molecule has 2 aromatic rings. The van der Waals surface area contributed by atoms with Crippen LogP contribution in [0.5, 0.6) is 0 Å². The Morgan fingerprint density at radius 1 is 1.42 bits per heavy atom. The number of nitrogens with zero attached hydrogens (tertiary/aromatic N) is 2. The second-order valence-corrected chi connectivity index (χ2v) is 4.39. The lowest BCUT2D eigenvalue weighted by Crippen LogP contribution is -2.30. The van der Waals surface area contributed by atoms with E-state index in [0.717, 1.165) is 17.1 Å². The predicted molar refractivity (Wildman–Crippen MR) is 73.5 cm³/mol. The minimum atomic E-state index is -0.690. The van der Waals surface area contributed by atoms with E-state index in [1.807, 2.05) is 0 Å². The summed E-state index contributed by atoms with van der Waals surface area (Å²) in [7, 11) is 0. The van der Waals surface area contributed by atoms with Crippen molar-refractivity contribution < 1.29 is 4.39 Å². The van der Waals surface area contributed by atoms with Crippen molar-refractivity contribution >= 4 is 40.2 Å². The van der Waals surface area contributed by atoms with Gasteiger partial charge in [-0.3, -0.25) is 5.10 Å². The van der Waals surface area contributed by atoms with Gasteiger partial charge >= 0.3 is 0 Å². The number of fused-ring (bicyclic) bond motifs is 1. The highest BCUT2D eigenvalue weighted by Crippen LogP contribution is 2.23. The number of nitrogens with two attached hydrogens (primary N) is 1. The Morgan fingerprint density at radius 3 is 3.11 bits per heavy atom. The number of alkyl halides is 1. The smallest absolute Gasteiger partial charge is 0.196 e. The molecule has 0 saturated carbocycles. The van der Waals surface area contributed by atoms with Crippen molar-refractivity contribution in [1.29, 1.82) is 0 Å². The fourth-order valence-electron chi connectivity index (χ4n) is 1.77. The molecule has 8 heteroatoms. The van der Waals surface area contributed by atoms with Gasteiger partial charge in [0.25, 0.3) is 0 Å². The zero-order valence-corrected chi connectivity index (χ0v) is 10.4. The summed E-state index contributed by atoms with van der Waals surface area (Å²) < 4.78 is 13.5. The first-order valence-electron chi connectivity index (χ1n) is 5.47. The normalized spacial score (nSPS) is 18.7. The number of nitrogen functional groups attached to an aromatic ring is 1. The molecule has 0 bridgehead atoms. The molecule has 0 amide bonds. The van der Waals surface area contributed by atoms with Crippen molar-refractivity contribution in [2.45, 2.75) is 5.62 Å². The third-order valence-electron chi connectivity index (χ3n) is 2.68. The van der Waals surface area contributed by atoms with Gasteiger partial charge in [-0.2, -0.15) is 5.10 Å². The lowest BCUT2D eigenvalue weighted by Gasteiger charge is -2.18. The number of halogens is 2. The Balaban J connectivity index is 1.93. The number of hydrogen-bond acceptors (Lipinski definition) is 5. The third kappa shape index (κ3) is 2.19. The van der Waals surface area contributed by atoms with E-state index in [2.05, 4.69) is 25.8 Å². The standard InChI is InChI=1S/C11H10ClFN6/c12-11-15-4-7(13)10(17-11)16-5-1-2-8-6(3-5)9(14)19-18-8/h1-4,11,16-17H,(H3,14,18,19). The van der Waals surface area contributed by atoms with Crippen LogP contribution in [-0.4, -0.2) is 22.0 Å². The van der Waals surface area contributed by atoms with Crippen LogP contribution in [0.25, 0.3) is 10.9 Å². The molecule has 1 atom stereocenters. The molecule has 1 unspecified atom stereocenters. The van der Waals surface area contributed by atoms with Crippen LogP contribution in [-0.2, 0) is 0 Å². The summed E-state index contributed by atoms with van der Waals surface area (Å²) in [5, 5.41) is 13.0. The summed E-state index contributed by atoms with van der Waals surface area (Å²) in [6, 6.07) is 5.34. The van der Waals surface area contributed by atoms with E-state index in [1.54, 1.807) is 18.2 Å². The number of anilines is 2. The van der Waals surface area contributed by atoms with Gasteiger partial charge in [0.15, 0.2) is 17.3 Å². The molecule has 1 aliphatic rings. The number of nitrogens with one attached hydrogen (secondary N) is 3. The maximum absolute atomic E-state index is 13.5. The van der Waals surface area contributed by atoms with Crippen molar-refractivity contribution in [2.24, 2.45) is 4.99 Å². The summed E-state index contributed by atoms with van der Waals surface area (Å²) >= 11 is 5.76. The van der Waals surface area contributed by atoms with E-state index < -0.39 is 11.5 Å². The fourth-order valence-corrected chi connectivity index (χ4v) is 1.94. The topological polar surface area (TPSA) is 91.1 Å². The Morgan fingerprint density at radius 2 is 2.26 bits per heavy atom. The molecule has 19 heavy (non-hydrogen) atoms. The molecule has 2 heterocycles. The van der Waals surface area contributed by atoms with E-state index in [0.29, 0.717) is 11.5 Å². The summed E-state index contributed by atoms with van der Waals surface area (Å²) in [4.78, 5) is 3.68. The quantitative estimate of drug-likeness (QED) is 0.499. The minimum Gasteiger partial charge on any atom is -0.382 e. The van der Waals surface area contributed by atoms with Crippen LogP contribution in [0.1, 0.15) is 0 Å². The lowest BCUT2D eigenvalue weighted by atomic mass is 10.2. The SMILES string of the molecule is Nc1n[nH]c2ccc(NC3=C(F)C=NC(Cl)N3)cc12. The van der Waals surface area contributed by atoms with Crippen LogP contribution < -0.4 is 16.4 Å². The number of hydrogen-bond donors (Lipinski definition) is 4. The van der Waals surface area contributed by atoms with Gasteiger partial charge in [0.2, 0.25) is 0 Å². The maximum atomic E-state index is 13.5. The first-order valence-corrected chi connectivity index (χ1v) is 5.91. The van der Waals surface area contributed by atoms with Crippen LogP contribution in [0.15, 0.2) is 34.8 Å². The van der Waals surface area contributed by atoms with E-state index in [-0.39, 0.29) is 5.82 Å². The molecule has 1 aromatic carbocycles. The highest BCUT2D eigenvalue weighted by Gasteiger charge is 2.14. The summed E-state index contributed by atoms with van der Waals surface area (Å²) in [5.41, 5.74) is 6.50. The van der Waals surface area contributed by atoms with Crippen molar-refractivity contribution in [3.8, 4) is 0 Å². The highest BCUT2D eigenvalue weighted by molar-refractivity contribution is 6.21. The van der Waals surface area contributed by atoms with Crippen LogP contribution in [0, 0.1) is 0 Å². The van der Waals surface area contributed by atoms with Crippen LogP contribution in [0.3, 0.4) is 0 Å². The van der Waals surface area contributed by atoms with Crippen molar-refractivity contribution in [1.82, 2.24) is 15.5 Å². The van der Waals surface area contributed by atoms with Gasteiger partial charge in [-0.15, -0.1) is 0 Å². The monoisotopic (exact) mass is 280 g/mol. The number of aliphatic imine (C=N–C) groups is 1. The van der Waals surface area contributed by atoms with E-state index in [4.69, 9.17) is 17.3 Å². The Hall–Kier alpha value is -2.28. The number of H-pyrrole nitrogens is 1. The van der Waals surface area contributed by atoms with E-state index in [9.17, 15) is 4.39 Å². The van der Waals surface area contributed by atoms with Gasteiger partial charge in [0.05, 0.1) is 11.7 Å². The average molecular weight is 281 g/mol. The zero-order valence-electron chi connectivity index (χ0n) is 9.61. The van der Waals surface area contributed by atoms with Gasteiger partial charge in [-0.1, -0.05) is 11.6 Å². The molecule has 98 valence electrons. The Kier molecular flexibility index (Phi) is 2.75. The number of allylic oxidation sites excluding steroid dienone is 1. The second kappa shape index (κ2) is 4.43. The lowest BCUT2D eigenvalue weighted by molar-refractivity contribution is 0.625. The molecular formula is C11H10ClFN6. The summed E-state index contributed by atoms with van der Waals surface area (Å²) in [5.74, 6) is 0.0371. The summed E-state index contributed by atoms with van der Waals surface area (Å²) in [6.07, 6.45) is 1.07. The highest BCUT2D eigenvalue weighted by atomic mass is 35.5. The largest absolute Gasteiger partial charge is 0.382 e. The zero-order chi connectivity index (χ0) is 13.4. The molecule has 6 nitrogen and oxygen atoms in total. The molecule has 0 fully saturated rings. The first kappa shape index (κ1) is 11.8. The molecule has 0 aliphatic carbocycles. The molecular weight excluding hydrogens is 271 g/mol. The van der Waals surface area contributed by atoms with Crippen molar-refractivity contribution in [3.05, 3.63) is 29.8 Å². The predicted octanol–water partition coefficient (Wildman–Crippen LogP) is 1.89. The molecule has 1 aromatic heterocycles. The van der Waals surface area contributed by atoms with Crippen molar-refractivity contribution in [2.75, 3.05) is 11.1 Å². The van der Waals surface area contributed by atoms with Gasteiger partial charge in [-0.05, 0) is 18.2 Å². The minimum absolute atomic E-state index is 0.163. The third-order valence-corrected chi connectivity index (χ3v) is 2.90. The molecule has 0 saturated heterocycles. The average Bonchev–Trinajstić information content (AvgIpc) is 2.76. The van der Waals surface area contributed by atoms with Gasteiger partial charge < -0.3 is 16.4 Å². The molecule has 0 radical (unpaired) electrons. The Bertz CT molecular complexity index is 692. The number of rotatable bonds is 2. The van der Waals surface area contributed by atoms with Gasteiger partial charge in [0, 0.05) is 11.1 Å². The van der Waals surface area contributed by atoms with Crippen LogP contribution >= 0.6 is 11.6 Å². The Labute approximate surface area is 112 Å². The number of aromatic amines is 1. The molecule has 3 rings (SSSR count). The van der Waals surface area contributed by atoms with Gasteiger partial charge in [0.1, 0.15) is 5.82 Å². The molecule has 1 aliphatic heterocycles. The van der Waals surface area contributed by atoms with Crippen LogP contribution in [0.4, 0.5) is 15.9 Å². The number of benzene rings is 1. The van der Waals surface area contributed by atoms with E-state index in [1.165, 1.54) is 0 Å². The number of aromatic nitrogens is 2. The van der Waals surface area contributed by atoms with E-state index >= 15 is 0 Å². The first-order chi connectivity index (χ1) is 9.13. The maximum Gasteiger partial charge on any atom is 0.196 e. The summed E-state index contributed by atoms with van der Waals surface area (Å²) in [6.45, 7) is 0. The fraction of sp³-hybridized carbons (Fsp3) is 0.0909. The van der Waals surface area contributed by atoms with Gasteiger partial charge in [-0.25, -0.2) is 9.38 Å².